The van der Waals surface area contributed by atoms with Crippen molar-refractivity contribution in [2.24, 2.45) is 0 Å². The fraction of sp³-hybridized carbons (Fsp3) is 0.160. The van der Waals surface area contributed by atoms with E-state index in [1.807, 2.05) is 31.2 Å². The third kappa shape index (κ3) is 3.62. The molecule has 154 valence electrons. The van der Waals surface area contributed by atoms with Gasteiger partial charge in [0.2, 0.25) is 0 Å². The average molecular weight is 409 g/mol. The van der Waals surface area contributed by atoms with Crippen LogP contribution in [0, 0.1) is 6.92 Å². The minimum Gasteiger partial charge on any atom is -0.340 e. The number of hydrogen-bond acceptors (Lipinski definition) is 4. The lowest BCUT2D eigenvalue weighted by Crippen LogP contribution is -2.19. The van der Waals surface area contributed by atoms with Crippen molar-refractivity contribution in [2.45, 2.75) is 13.3 Å². The Balaban J connectivity index is 1.59. The summed E-state index contributed by atoms with van der Waals surface area (Å²) in [6.45, 7) is 7.81. The molecule has 3 aromatic heterocycles. The fourth-order valence-electron chi connectivity index (χ4n) is 4.04. The van der Waals surface area contributed by atoms with Gasteiger partial charge in [0.25, 0.3) is 0 Å². The van der Waals surface area contributed by atoms with Gasteiger partial charge in [-0.15, -0.1) is 0 Å². The molecule has 0 fully saturated rings. The number of aryl methyl sites for hydroxylation is 1. The van der Waals surface area contributed by atoms with E-state index >= 15 is 0 Å². The molecule has 31 heavy (non-hydrogen) atoms. The van der Waals surface area contributed by atoms with Crippen LogP contribution in [0.2, 0.25) is 0 Å². The minimum atomic E-state index is 0.737. The highest BCUT2D eigenvalue weighted by atomic mass is 15.1. The Labute approximate surface area is 180 Å². The number of pyridine rings is 1. The predicted octanol–water partition coefficient (Wildman–Crippen LogP) is 4.65. The van der Waals surface area contributed by atoms with E-state index in [9.17, 15) is 0 Å². The van der Waals surface area contributed by atoms with Gasteiger partial charge < -0.3 is 10.3 Å². The van der Waals surface area contributed by atoms with E-state index in [0.717, 1.165) is 64.6 Å². The Morgan fingerprint density at radius 2 is 2.13 bits per heavy atom. The van der Waals surface area contributed by atoms with Crippen LogP contribution in [0.1, 0.15) is 29.1 Å². The molecule has 3 N–H and O–H groups in total. The van der Waals surface area contributed by atoms with Gasteiger partial charge in [-0.3, -0.25) is 10.1 Å². The zero-order valence-corrected chi connectivity index (χ0v) is 17.4. The third-order valence-electron chi connectivity index (χ3n) is 5.59. The van der Waals surface area contributed by atoms with Crippen molar-refractivity contribution in [2.75, 3.05) is 13.1 Å². The van der Waals surface area contributed by atoms with Gasteiger partial charge in [0.1, 0.15) is 5.69 Å². The lowest BCUT2D eigenvalue weighted by molar-refractivity contribution is 0.739. The molecule has 0 spiro atoms. The second-order valence-electron chi connectivity index (χ2n) is 7.61. The monoisotopic (exact) mass is 408 g/mol. The SMILES string of the molecule is C=C/C=C(/c1ccccn1)c1nc(-c2n[nH]c3ccc(C4=CCNCC4)cc23)[nH]c1C. The molecule has 6 heteroatoms. The minimum absolute atomic E-state index is 0.737. The Bertz CT molecular complexity index is 1310. The zero-order valence-electron chi connectivity index (χ0n) is 17.4. The van der Waals surface area contributed by atoms with E-state index in [1.54, 1.807) is 12.3 Å². The van der Waals surface area contributed by atoms with E-state index < -0.39 is 0 Å². The molecule has 1 aliphatic heterocycles. The van der Waals surface area contributed by atoms with Crippen LogP contribution in [0.25, 0.3) is 33.6 Å². The molecule has 0 aliphatic carbocycles. The molecule has 1 aliphatic rings. The van der Waals surface area contributed by atoms with Gasteiger partial charge in [0, 0.05) is 29.4 Å². The fourth-order valence-corrected chi connectivity index (χ4v) is 4.04. The molecule has 0 saturated carbocycles. The molecular formula is C25H24N6. The first-order valence-corrected chi connectivity index (χ1v) is 10.4. The number of nitrogens with one attached hydrogen (secondary N) is 3. The molecule has 0 saturated heterocycles. The van der Waals surface area contributed by atoms with Crippen LogP contribution in [0.5, 0.6) is 0 Å². The predicted molar refractivity (Wildman–Crippen MR) is 125 cm³/mol. The number of aromatic amines is 2. The van der Waals surface area contributed by atoms with Gasteiger partial charge in [-0.25, -0.2) is 4.98 Å². The van der Waals surface area contributed by atoms with Crippen molar-refractivity contribution in [3.8, 4) is 11.5 Å². The van der Waals surface area contributed by atoms with Gasteiger partial charge in [0.15, 0.2) is 5.82 Å². The maximum absolute atomic E-state index is 4.92. The van der Waals surface area contributed by atoms with Crippen molar-refractivity contribution in [3.63, 3.8) is 0 Å². The lowest BCUT2D eigenvalue weighted by Gasteiger charge is -2.14. The highest BCUT2D eigenvalue weighted by Crippen LogP contribution is 2.31. The highest BCUT2D eigenvalue weighted by Gasteiger charge is 2.18. The molecule has 4 aromatic rings. The van der Waals surface area contributed by atoms with Gasteiger partial charge in [-0.1, -0.05) is 36.9 Å². The van der Waals surface area contributed by atoms with Crippen molar-refractivity contribution >= 4 is 22.0 Å². The van der Waals surface area contributed by atoms with Crippen LogP contribution in [-0.4, -0.2) is 38.2 Å². The molecule has 5 rings (SSSR count). The number of benzene rings is 1. The number of nitrogens with zero attached hydrogens (tertiary/aromatic N) is 3. The molecule has 0 atom stereocenters. The van der Waals surface area contributed by atoms with Gasteiger partial charge in [-0.05, 0) is 55.3 Å². The Hall–Kier alpha value is -3.77. The largest absolute Gasteiger partial charge is 0.340 e. The van der Waals surface area contributed by atoms with Crippen molar-refractivity contribution in [3.05, 3.63) is 90.0 Å². The summed E-state index contributed by atoms with van der Waals surface area (Å²) in [6.07, 6.45) is 8.79. The summed E-state index contributed by atoms with van der Waals surface area (Å²) >= 11 is 0. The molecule has 0 radical (unpaired) electrons. The summed E-state index contributed by atoms with van der Waals surface area (Å²) in [5.41, 5.74) is 8.02. The lowest BCUT2D eigenvalue weighted by atomic mass is 9.98. The molecular weight excluding hydrogens is 384 g/mol. The normalized spacial score (nSPS) is 14.6. The molecule has 6 nitrogen and oxygen atoms in total. The van der Waals surface area contributed by atoms with Crippen molar-refractivity contribution in [1.82, 2.24) is 30.5 Å². The maximum Gasteiger partial charge on any atom is 0.159 e. The van der Waals surface area contributed by atoms with Crippen LogP contribution in [-0.2, 0) is 0 Å². The van der Waals surface area contributed by atoms with Crippen LogP contribution < -0.4 is 5.32 Å². The van der Waals surface area contributed by atoms with Gasteiger partial charge in [0.05, 0.1) is 16.9 Å². The van der Waals surface area contributed by atoms with Gasteiger partial charge >= 0.3 is 0 Å². The summed E-state index contributed by atoms with van der Waals surface area (Å²) in [5, 5.41) is 12.2. The van der Waals surface area contributed by atoms with Crippen molar-refractivity contribution < 1.29 is 0 Å². The molecule has 4 heterocycles. The van der Waals surface area contributed by atoms with Crippen LogP contribution >= 0.6 is 0 Å². The Morgan fingerprint density at radius 3 is 2.90 bits per heavy atom. The van der Waals surface area contributed by atoms with E-state index in [0.29, 0.717) is 0 Å². The zero-order chi connectivity index (χ0) is 21.2. The Kier molecular flexibility index (Phi) is 5.06. The molecule has 0 amide bonds. The standard InChI is InChI=1S/C25H24N6/c1-3-6-19(21-7-4-5-12-27-21)23-16(2)28-25(29-23)24-20-15-18(8-9-22(20)30-31-24)17-10-13-26-14-11-17/h3-10,12,15,26H,1,11,13-14H2,2H3,(H,28,29)(H,30,31)/b19-6-. The molecule has 0 unspecified atom stereocenters. The van der Waals surface area contributed by atoms with Crippen LogP contribution in [0.4, 0.5) is 0 Å². The van der Waals surface area contributed by atoms with Gasteiger partial charge in [-0.2, -0.15) is 5.10 Å². The quantitative estimate of drug-likeness (QED) is 0.420. The smallest absolute Gasteiger partial charge is 0.159 e. The summed E-state index contributed by atoms with van der Waals surface area (Å²) in [6, 6.07) is 12.3. The number of hydrogen-bond donors (Lipinski definition) is 3. The van der Waals surface area contributed by atoms with Crippen molar-refractivity contribution in [1.29, 1.82) is 0 Å². The van der Waals surface area contributed by atoms with E-state index in [4.69, 9.17) is 4.98 Å². The number of imidazole rings is 1. The average Bonchev–Trinajstić information content (AvgIpc) is 3.41. The summed E-state index contributed by atoms with van der Waals surface area (Å²) in [5.74, 6) is 0.737. The van der Waals surface area contributed by atoms with E-state index in [2.05, 4.69) is 56.3 Å². The summed E-state index contributed by atoms with van der Waals surface area (Å²) < 4.78 is 0. The number of H-pyrrole nitrogens is 2. The van der Waals surface area contributed by atoms with Crippen LogP contribution in [0.15, 0.2) is 67.4 Å². The topological polar surface area (TPSA) is 82.3 Å². The molecule has 0 bridgehead atoms. The highest BCUT2D eigenvalue weighted by molar-refractivity contribution is 5.94. The first kappa shape index (κ1) is 19.2. The summed E-state index contributed by atoms with van der Waals surface area (Å²) in [7, 11) is 0. The first-order valence-electron chi connectivity index (χ1n) is 10.4. The van der Waals surface area contributed by atoms with E-state index in [-0.39, 0.29) is 0 Å². The number of allylic oxidation sites excluding steroid dienone is 2. The van der Waals surface area contributed by atoms with Crippen LogP contribution in [0.3, 0.4) is 0 Å². The maximum atomic E-state index is 4.92. The Morgan fingerprint density at radius 1 is 1.19 bits per heavy atom. The number of rotatable bonds is 5. The number of aromatic nitrogens is 5. The summed E-state index contributed by atoms with van der Waals surface area (Å²) in [4.78, 5) is 12.8. The second kappa shape index (κ2) is 8.16. The molecule has 1 aromatic carbocycles. The van der Waals surface area contributed by atoms with E-state index in [1.165, 1.54) is 11.1 Å². The first-order chi connectivity index (χ1) is 15.2. The number of fused-ring (bicyclic) bond motifs is 1. The second-order valence-corrected chi connectivity index (χ2v) is 7.61. The third-order valence-corrected chi connectivity index (χ3v) is 5.59.